The lowest BCUT2D eigenvalue weighted by molar-refractivity contribution is -0.127. The molecule has 3 aromatic rings. The second-order valence-electron chi connectivity index (χ2n) is 8.49. The maximum Gasteiger partial charge on any atom is 0.357 e. The van der Waals surface area contributed by atoms with Crippen molar-refractivity contribution in [2.75, 3.05) is 25.6 Å². The van der Waals surface area contributed by atoms with Gasteiger partial charge in [-0.25, -0.2) is 14.6 Å². The third-order valence-corrected chi connectivity index (χ3v) is 6.68. The Hall–Kier alpha value is -4.29. The van der Waals surface area contributed by atoms with Crippen molar-refractivity contribution in [2.24, 2.45) is 0 Å². The molecule has 0 radical (unpaired) electrons. The number of rotatable bonds is 12. The highest BCUT2D eigenvalue weighted by molar-refractivity contribution is 7.14. The predicted octanol–water partition coefficient (Wildman–Crippen LogP) is 3.34. The minimum absolute atomic E-state index is 0.0250. The maximum absolute atomic E-state index is 13.5. The molecular formula is C27H30N4O7S. The number of nitrogens with zero attached hydrogens (tertiary/aromatic N) is 2. The summed E-state index contributed by atoms with van der Waals surface area (Å²) in [5.74, 6) is -1.33. The second-order valence-corrected chi connectivity index (χ2v) is 9.35. The molecule has 1 aromatic heterocycles. The van der Waals surface area contributed by atoms with E-state index in [1.165, 1.54) is 12.5 Å². The lowest BCUT2D eigenvalue weighted by atomic mass is 9.91. The molecule has 39 heavy (non-hydrogen) atoms. The van der Waals surface area contributed by atoms with Crippen LogP contribution in [0.25, 0.3) is 0 Å². The maximum atomic E-state index is 13.5. The zero-order valence-corrected chi connectivity index (χ0v) is 22.5. The van der Waals surface area contributed by atoms with Crippen LogP contribution in [-0.4, -0.2) is 65.7 Å². The number of amides is 4. The fourth-order valence-corrected chi connectivity index (χ4v) is 4.52. The molecular weight excluding hydrogens is 524 g/mol. The Morgan fingerprint density at radius 3 is 2.38 bits per heavy atom. The molecule has 0 fully saturated rings. The van der Waals surface area contributed by atoms with Crippen molar-refractivity contribution in [3.05, 3.63) is 76.8 Å². The van der Waals surface area contributed by atoms with Crippen molar-refractivity contribution >= 4 is 40.8 Å². The van der Waals surface area contributed by atoms with E-state index in [0.29, 0.717) is 12.2 Å². The van der Waals surface area contributed by atoms with Gasteiger partial charge in [-0.1, -0.05) is 49.4 Å². The van der Waals surface area contributed by atoms with Crippen molar-refractivity contribution < 1.29 is 33.8 Å². The number of thiazole rings is 1. The summed E-state index contributed by atoms with van der Waals surface area (Å²) in [7, 11) is 1.22. The van der Waals surface area contributed by atoms with E-state index >= 15 is 0 Å². The molecule has 2 unspecified atom stereocenters. The van der Waals surface area contributed by atoms with E-state index in [-0.39, 0.29) is 24.0 Å². The number of nitrogens with one attached hydrogen (secondary N) is 2. The fourth-order valence-electron chi connectivity index (χ4n) is 3.84. The van der Waals surface area contributed by atoms with Crippen LogP contribution in [-0.2, 0) is 14.3 Å². The average Bonchev–Trinajstić information content (AvgIpc) is 3.42. The van der Waals surface area contributed by atoms with Crippen LogP contribution in [0.3, 0.4) is 0 Å². The predicted molar refractivity (Wildman–Crippen MR) is 145 cm³/mol. The minimum Gasteiger partial charge on any atom is -0.491 e. The largest absolute Gasteiger partial charge is 0.491 e. The van der Waals surface area contributed by atoms with Crippen LogP contribution in [0.15, 0.2) is 60.0 Å². The molecule has 3 rings (SSSR count). The lowest BCUT2D eigenvalue weighted by Gasteiger charge is -2.31. The number of esters is 1. The van der Waals surface area contributed by atoms with Crippen LogP contribution in [0.2, 0.25) is 0 Å². The first kappa shape index (κ1) is 29.3. The molecule has 0 saturated carbocycles. The molecule has 12 heteroatoms. The number of aliphatic hydroxyl groups is 1. The van der Waals surface area contributed by atoms with E-state index in [9.17, 15) is 19.2 Å². The molecule has 4 amide bonds. The van der Waals surface area contributed by atoms with E-state index in [1.807, 2.05) is 6.07 Å². The second kappa shape index (κ2) is 14.0. The number of urea groups is 1. The highest BCUT2D eigenvalue weighted by Crippen LogP contribution is 2.26. The van der Waals surface area contributed by atoms with Gasteiger partial charge in [0.2, 0.25) is 12.3 Å². The van der Waals surface area contributed by atoms with Crippen LogP contribution in [0.4, 0.5) is 9.93 Å². The summed E-state index contributed by atoms with van der Waals surface area (Å²) in [4.78, 5) is 55.7. The van der Waals surface area contributed by atoms with Gasteiger partial charge in [0, 0.05) is 11.3 Å². The summed E-state index contributed by atoms with van der Waals surface area (Å²) >= 11 is 1.01. The molecule has 1 heterocycles. The van der Waals surface area contributed by atoms with Crippen molar-refractivity contribution in [3.63, 3.8) is 0 Å². The first-order chi connectivity index (χ1) is 18.8. The van der Waals surface area contributed by atoms with Crippen LogP contribution in [0, 0.1) is 0 Å². The van der Waals surface area contributed by atoms with E-state index in [1.54, 1.807) is 62.4 Å². The van der Waals surface area contributed by atoms with Crippen LogP contribution in [0.5, 0.6) is 5.75 Å². The summed E-state index contributed by atoms with van der Waals surface area (Å²) in [6, 6.07) is 13.4. The monoisotopic (exact) mass is 554 g/mol. The molecule has 206 valence electrons. The van der Waals surface area contributed by atoms with Crippen LogP contribution in [0.1, 0.15) is 47.4 Å². The van der Waals surface area contributed by atoms with Gasteiger partial charge in [-0.15, -0.1) is 11.3 Å². The Morgan fingerprint density at radius 1 is 1.08 bits per heavy atom. The number of carbonyl (C=O) groups excluding carboxylic acids is 4. The zero-order valence-electron chi connectivity index (χ0n) is 21.7. The standard InChI is InChI=1S/C27H30N4O7S/c1-17(19-7-5-4-6-8-19)23(24(34)30-26-29-22(15-39-26)25(35)37-3)31(16-33)27(36)28-18(2)20-9-11-21(12-10-20)38-14-13-32/h4-12,15-18,23,32H,13-14H2,1-3H3,(H,28,36)(H,29,30,34)/t17?,18-,23?/m0/s1. The third-order valence-electron chi connectivity index (χ3n) is 5.92. The Kier molecular flexibility index (Phi) is 10.5. The van der Waals surface area contributed by atoms with Gasteiger partial charge in [0.25, 0.3) is 0 Å². The van der Waals surface area contributed by atoms with Gasteiger partial charge in [0.15, 0.2) is 10.8 Å². The van der Waals surface area contributed by atoms with E-state index in [2.05, 4.69) is 20.4 Å². The van der Waals surface area contributed by atoms with Gasteiger partial charge in [0.05, 0.1) is 19.8 Å². The van der Waals surface area contributed by atoms with Gasteiger partial charge < -0.3 is 25.2 Å². The number of imide groups is 1. The van der Waals surface area contributed by atoms with E-state index in [0.717, 1.165) is 27.4 Å². The molecule has 0 aliphatic heterocycles. The fraction of sp³-hybridized carbons (Fsp3) is 0.296. The summed E-state index contributed by atoms with van der Waals surface area (Å²) in [5.41, 5.74) is 1.50. The number of aliphatic hydroxyl groups excluding tert-OH is 1. The number of anilines is 1. The molecule has 3 N–H and O–H groups in total. The number of benzene rings is 2. The summed E-state index contributed by atoms with van der Waals surface area (Å²) in [6.45, 7) is 3.53. The number of hydrogen-bond acceptors (Lipinski definition) is 9. The Morgan fingerprint density at radius 2 is 1.77 bits per heavy atom. The Bertz CT molecular complexity index is 1270. The topological polar surface area (TPSA) is 147 Å². The number of methoxy groups -OCH3 is 1. The molecule has 0 aliphatic rings. The SMILES string of the molecule is COC(=O)c1csc(NC(=O)C(C(C)c2ccccc2)N(C=O)C(=O)N[C@@H](C)c2ccc(OCCO)cc2)n1. The van der Waals surface area contributed by atoms with Gasteiger partial charge in [0.1, 0.15) is 18.4 Å². The van der Waals surface area contributed by atoms with Gasteiger partial charge in [-0.05, 0) is 30.2 Å². The molecule has 0 saturated heterocycles. The van der Waals surface area contributed by atoms with Gasteiger partial charge in [-0.3, -0.25) is 14.5 Å². The molecule has 0 bridgehead atoms. The number of ether oxygens (including phenoxy) is 2. The van der Waals surface area contributed by atoms with Crippen molar-refractivity contribution in [2.45, 2.75) is 31.8 Å². The van der Waals surface area contributed by atoms with Crippen molar-refractivity contribution in [3.8, 4) is 5.75 Å². The van der Waals surface area contributed by atoms with E-state index in [4.69, 9.17) is 9.84 Å². The number of aromatic nitrogens is 1. The van der Waals surface area contributed by atoms with Crippen molar-refractivity contribution in [1.82, 2.24) is 15.2 Å². The molecule has 2 aromatic carbocycles. The van der Waals surface area contributed by atoms with Crippen LogP contribution < -0.4 is 15.4 Å². The smallest absolute Gasteiger partial charge is 0.357 e. The Balaban J connectivity index is 1.82. The molecule has 0 aliphatic carbocycles. The van der Waals surface area contributed by atoms with Gasteiger partial charge in [-0.2, -0.15) is 0 Å². The first-order valence-electron chi connectivity index (χ1n) is 12.1. The summed E-state index contributed by atoms with van der Waals surface area (Å²) < 4.78 is 10.0. The average molecular weight is 555 g/mol. The number of hydrogen-bond donors (Lipinski definition) is 3. The number of carbonyl (C=O) groups is 4. The highest BCUT2D eigenvalue weighted by Gasteiger charge is 2.36. The highest BCUT2D eigenvalue weighted by atomic mass is 32.1. The molecule has 0 spiro atoms. The first-order valence-corrected chi connectivity index (χ1v) is 12.9. The molecule has 3 atom stereocenters. The summed E-state index contributed by atoms with van der Waals surface area (Å²) in [5, 5.41) is 15.8. The van der Waals surface area contributed by atoms with Gasteiger partial charge >= 0.3 is 12.0 Å². The lowest BCUT2D eigenvalue weighted by Crippen LogP contribution is -2.53. The zero-order chi connectivity index (χ0) is 28.4. The summed E-state index contributed by atoms with van der Waals surface area (Å²) in [6.07, 6.45) is 0.319. The Labute approximate surface area is 229 Å². The normalized spacial score (nSPS) is 12.9. The minimum atomic E-state index is -1.24. The van der Waals surface area contributed by atoms with E-state index < -0.39 is 35.9 Å². The van der Waals surface area contributed by atoms with Crippen LogP contribution >= 0.6 is 11.3 Å². The molecule has 11 nitrogen and oxygen atoms in total. The van der Waals surface area contributed by atoms with Crippen molar-refractivity contribution in [1.29, 1.82) is 0 Å². The quantitative estimate of drug-likeness (QED) is 0.228. The third kappa shape index (κ3) is 7.62.